The summed E-state index contributed by atoms with van der Waals surface area (Å²) < 4.78 is 0. The number of Topliss-reactive ketones (excluding diaryl/α,β-unsaturated/α-hetero) is 1. The summed E-state index contributed by atoms with van der Waals surface area (Å²) in [4.78, 5) is 12.2. The van der Waals surface area contributed by atoms with Gasteiger partial charge >= 0.3 is 0 Å². The summed E-state index contributed by atoms with van der Waals surface area (Å²) >= 11 is 0. The Bertz CT molecular complexity index is 695. The second-order valence-electron chi connectivity index (χ2n) is 12.8. The number of fused-ring (bicyclic) bond motifs is 5. The predicted octanol–water partition coefficient (Wildman–Crippen LogP) is 7.06. The van der Waals surface area contributed by atoms with E-state index in [1.54, 1.807) is 0 Å². The van der Waals surface area contributed by atoms with Gasteiger partial charge in [-0.1, -0.05) is 53.7 Å². The van der Waals surface area contributed by atoms with Gasteiger partial charge in [0.15, 0.2) is 0 Å². The minimum Gasteiger partial charge on any atom is -0.393 e. The van der Waals surface area contributed by atoms with Crippen LogP contribution < -0.4 is 0 Å². The van der Waals surface area contributed by atoms with Crippen molar-refractivity contribution in [3.8, 4) is 0 Å². The van der Waals surface area contributed by atoms with E-state index in [0.29, 0.717) is 52.6 Å². The van der Waals surface area contributed by atoms with Gasteiger partial charge in [0, 0.05) is 12.8 Å². The smallest absolute Gasteiger partial charge is 0.133 e. The second kappa shape index (κ2) is 8.62. The summed E-state index contributed by atoms with van der Waals surface area (Å²) in [5, 5.41) is 11.4. The van der Waals surface area contributed by atoms with E-state index in [0.717, 1.165) is 31.6 Å². The van der Waals surface area contributed by atoms with Crippen LogP contribution in [0, 0.1) is 58.2 Å². The van der Waals surface area contributed by atoms with Gasteiger partial charge in [-0.2, -0.15) is 0 Å². The fourth-order valence-corrected chi connectivity index (χ4v) is 9.20. The van der Waals surface area contributed by atoms with Gasteiger partial charge in [-0.15, -0.1) is 0 Å². The van der Waals surface area contributed by atoms with E-state index in [2.05, 4.69) is 53.7 Å². The van der Waals surface area contributed by atoms with Crippen LogP contribution in [0.2, 0.25) is 0 Å². The summed E-state index contributed by atoms with van der Waals surface area (Å²) in [7, 11) is 0. The number of rotatable bonds is 5. The second-order valence-corrected chi connectivity index (χ2v) is 12.8. The van der Waals surface area contributed by atoms with E-state index >= 15 is 0 Å². The van der Waals surface area contributed by atoms with Gasteiger partial charge in [0.05, 0.1) is 6.10 Å². The van der Waals surface area contributed by atoms with Crippen LogP contribution >= 0.6 is 0 Å². The third-order valence-electron chi connectivity index (χ3n) is 11.2. The Morgan fingerprint density at radius 3 is 2.42 bits per heavy atom. The van der Waals surface area contributed by atoms with Gasteiger partial charge in [0.2, 0.25) is 0 Å². The van der Waals surface area contributed by atoms with Crippen molar-refractivity contribution < 1.29 is 9.90 Å². The van der Waals surface area contributed by atoms with Gasteiger partial charge in [-0.3, -0.25) is 4.79 Å². The molecule has 5 unspecified atom stereocenters. The number of aliphatic hydroxyl groups excluding tert-OH is 1. The van der Waals surface area contributed by atoms with Crippen molar-refractivity contribution in [3.63, 3.8) is 0 Å². The molecule has 0 aliphatic heterocycles. The van der Waals surface area contributed by atoms with Crippen LogP contribution in [0.1, 0.15) is 99.3 Å². The highest BCUT2D eigenvalue weighted by atomic mass is 16.3. The van der Waals surface area contributed by atoms with Crippen molar-refractivity contribution in [1.82, 2.24) is 0 Å². The van der Waals surface area contributed by atoms with Crippen LogP contribution in [-0.2, 0) is 4.79 Å². The van der Waals surface area contributed by atoms with Gasteiger partial charge in [-0.05, 0) is 103 Å². The van der Waals surface area contributed by atoms with Crippen LogP contribution in [0.25, 0.3) is 0 Å². The Labute approximate surface area is 191 Å². The molecule has 0 saturated heterocycles. The van der Waals surface area contributed by atoms with E-state index in [1.165, 1.54) is 32.1 Å². The number of hydrogen-bond acceptors (Lipinski definition) is 2. The molecule has 2 heteroatoms. The Morgan fingerprint density at radius 2 is 1.74 bits per heavy atom. The number of carbonyl (C=O) groups is 1. The quantitative estimate of drug-likeness (QED) is 0.476. The van der Waals surface area contributed by atoms with Crippen LogP contribution in [0.5, 0.6) is 0 Å². The molecule has 0 amide bonds. The van der Waals surface area contributed by atoms with Crippen molar-refractivity contribution >= 4 is 5.78 Å². The van der Waals surface area contributed by atoms with Crippen LogP contribution in [-0.4, -0.2) is 17.0 Å². The van der Waals surface area contributed by atoms with Gasteiger partial charge in [0.1, 0.15) is 5.78 Å². The van der Waals surface area contributed by atoms with Gasteiger partial charge < -0.3 is 5.11 Å². The summed E-state index contributed by atoms with van der Waals surface area (Å²) in [6.07, 6.45) is 14.7. The number of carbonyl (C=O) groups excluding carboxylic acids is 1. The third kappa shape index (κ3) is 3.87. The highest BCUT2D eigenvalue weighted by Crippen LogP contribution is 2.68. The van der Waals surface area contributed by atoms with E-state index in [4.69, 9.17) is 0 Å². The fourth-order valence-electron chi connectivity index (χ4n) is 9.20. The Morgan fingerprint density at radius 1 is 1.03 bits per heavy atom. The molecule has 4 aliphatic rings. The number of aliphatic hydroxyl groups is 1. The number of ketones is 1. The maximum absolute atomic E-state index is 12.2. The van der Waals surface area contributed by atoms with E-state index in [9.17, 15) is 9.90 Å². The highest BCUT2D eigenvalue weighted by Gasteiger charge is 2.62. The summed E-state index contributed by atoms with van der Waals surface area (Å²) in [6, 6.07) is 0. The molecule has 0 aromatic heterocycles. The van der Waals surface area contributed by atoms with E-state index in [1.807, 2.05) is 0 Å². The first-order valence-corrected chi connectivity index (χ1v) is 13.5. The average Bonchev–Trinajstić information content (AvgIpc) is 3.06. The lowest BCUT2D eigenvalue weighted by molar-refractivity contribution is -0.168. The molecule has 10 atom stereocenters. The number of hydrogen-bond donors (Lipinski definition) is 1. The third-order valence-corrected chi connectivity index (χ3v) is 11.2. The first kappa shape index (κ1) is 23.5. The SMILES string of the molecule is CCC(C=CC(C)[C@H]1CCC2C3C(CC[C@@]21C)[C@@]1(C)CCC(=O)C[C@@H]1C[C@H]3O)C(C)C. The molecule has 4 rings (SSSR count). The molecule has 0 bridgehead atoms. The summed E-state index contributed by atoms with van der Waals surface area (Å²) in [6.45, 7) is 14.5. The molecular formula is C29H48O2. The molecule has 0 spiro atoms. The Hall–Kier alpha value is -0.630. The lowest BCUT2D eigenvalue weighted by atomic mass is 9.44. The molecule has 2 nitrogen and oxygen atoms in total. The normalized spacial score (nSPS) is 47.2. The zero-order valence-electron chi connectivity index (χ0n) is 21.1. The van der Waals surface area contributed by atoms with Crippen LogP contribution in [0.4, 0.5) is 0 Å². The minimum atomic E-state index is -0.200. The first-order chi connectivity index (χ1) is 14.6. The van der Waals surface area contributed by atoms with Crippen molar-refractivity contribution in [3.05, 3.63) is 12.2 Å². The maximum atomic E-state index is 12.2. The van der Waals surface area contributed by atoms with Crippen molar-refractivity contribution in [2.24, 2.45) is 58.2 Å². The Balaban J connectivity index is 1.54. The molecule has 1 N–H and O–H groups in total. The molecule has 0 radical (unpaired) electrons. The predicted molar refractivity (Wildman–Crippen MR) is 129 cm³/mol. The van der Waals surface area contributed by atoms with E-state index in [-0.39, 0.29) is 11.5 Å². The highest BCUT2D eigenvalue weighted by molar-refractivity contribution is 5.79. The minimum absolute atomic E-state index is 0.200. The molecule has 4 saturated carbocycles. The van der Waals surface area contributed by atoms with Crippen LogP contribution in [0.3, 0.4) is 0 Å². The van der Waals surface area contributed by atoms with Crippen molar-refractivity contribution in [2.75, 3.05) is 0 Å². The zero-order chi connectivity index (χ0) is 22.6. The molecule has 31 heavy (non-hydrogen) atoms. The van der Waals surface area contributed by atoms with Gasteiger partial charge in [0.25, 0.3) is 0 Å². The molecule has 0 heterocycles. The summed E-state index contributed by atoms with van der Waals surface area (Å²) in [5.41, 5.74) is 0.632. The molecule has 0 aromatic rings. The van der Waals surface area contributed by atoms with Crippen molar-refractivity contribution in [1.29, 1.82) is 0 Å². The first-order valence-electron chi connectivity index (χ1n) is 13.5. The summed E-state index contributed by atoms with van der Waals surface area (Å²) in [5.74, 6) is 5.33. The molecule has 4 fully saturated rings. The van der Waals surface area contributed by atoms with E-state index < -0.39 is 0 Å². The molecule has 0 aromatic carbocycles. The maximum Gasteiger partial charge on any atom is 0.133 e. The fraction of sp³-hybridized carbons (Fsp3) is 0.897. The average molecular weight is 429 g/mol. The van der Waals surface area contributed by atoms with Gasteiger partial charge in [-0.25, -0.2) is 0 Å². The zero-order valence-corrected chi connectivity index (χ0v) is 21.1. The lowest BCUT2D eigenvalue weighted by Gasteiger charge is -2.61. The van der Waals surface area contributed by atoms with Crippen LogP contribution in [0.15, 0.2) is 12.2 Å². The topological polar surface area (TPSA) is 37.3 Å². The lowest BCUT2D eigenvalue weighted by Crippen LogP contribution is -2.58. The largest absolute Gasteiger partial charge is 0.393 e. The number of allylic oxidation sites excluding steroid dienone is 2. The standard InChI is InChI=1S/C29H48O2/c1-7-20(18(2)3)9-8-19(4)23-10-11-24-27-25(13-15-29(23,24)6)28(5)14-12-22(30)16-21(28)17-26(27)31/h8-9,18-21,23-27,31H,7,10-17H2,1-6H3/t19?,20?,21-,23-,24?,25?,26-,27?,28+,29-/m1/s1. The van der Waals surface area contributed by atoms with Crippen molar-refractivity contribution in [2.45, 2.75) is 105 Å². The molecular weight excluding hydrogens is 380 g/mol. The molecule has 176 valence electrons. The Kier molecular flexibility index (Phi) is 6.54. The molecule has 4 aliphatic carbocycles. The monoisotopic (exact) mass is 428 g/mol.